The average molecular weight is 678 g/mol. The Labute approximate surface area is 306 Å². The van der Waals surface area contributed by atoms with E-state index >= 15 is 0 Å². The van der Waals surface area contributed by atoms with E-state index in [0.717, 1.165) is 71.0 Å². The Morgan fingerprint density at radius 1 is 0.827 bits per heavy atom. The van der Waals surface area contributed by atoms with Crippen LogP contribution >= 0.6 is 0 Å². The smallest absolute Gasteiger partial charge is 0.134 e. The number of benzene rings is 3. The van der Waals surface area contributed by atoms with E-state index in [1.165, 1.54) is 27.9 Å². The number of nitrogens with zero attached hydrogens (tertiary/aromatic N) is 1. The summed E-state index contributed by atoms with van der Waals surface area (Å²) in [4.78, 5) is 5.25. The predicted molar refractivity (Wildman–Crippen MR) is 213 cm³/mol. The molecule has 3 aromatic carbocycles. The molecule has 0 amide bonds. The zero-order valence-corrected chi connectivity index (χ0v) is 29.3. The first-order chi connectivity index (χ1) is 25.6. The van der Waals surface area contributed by atoms with Crippen molar-refractivity contribution in [3.63, 3.8) is 0 Å². The highest BCUT2D eigenvalue weighted by Gasteiger charge is 2.43. The molecule has 3 N–H and O–H groups in total. The van der Waals surface area contributed by atoms with E-state index in [-0.39, 0.29) is 17.8 Å². The first kappa shape index (κ1) is 32.2. The Bertz CT molecular complexity index is 2240. The fourth-order valence-electron chi connectivity index (χ4n) is 8.64. The highest BCUT2D eigenvalue weighted by molar-refractivity contribution is 6.01. The molecule has 0 aromatic heterocycles. The number of nitrogens with one attached hydrogen (secondary N) is 1. The molecule has 0 spiro atoms. The Balaban J connectivity index is 1.02. The fourth-order valence-corrected chi connectivity index (χ4v) is 8.64. The van der Waals surface area contributed by atoms with Crippen LogP contribution in [-0.2, 0) is 4.74 Å². The molecule has 52 heavy (non-hydrogen) atoms. The van der Waals surface area contributed by atoms with Crippen LogP contribution in [-0.4, -0.2) is 12.0 Å². The van der Waals surface area contributed by atoms with Crippen molar-refractivity contribution < 1.29 is 4.74 Å². The molecule has 5 atom stereocenters. The highest BCUT2D eigenvalue weighted by Crippen LogP contribution is 2.53. The molecule has 0 radical (unpaired) electrons. The second kappa shape index (κ2) is 13.8. The van der Waals surface area contributed by atoms with Crippen LogP contribution in [0.3, 0.4) is 0 Å². The lowest BCUT2D eigenvalue weighted by atomic mass is 9.69. The van der Waals surface area contributed by atoms with E-state index in [9.17, 15) is 0 Å². The standard InChI is InChI=1S/C48H43N3O/c1-31(35-26-27-42-44(29-35)52-45-30-43(34-16-6-3-7-17-34)39-23-10-11-24-40(39)46(42)45)50-48(37-21-12-20-36(28-37)32-14-4-2-5-15-32)51-47(49)41-25-13-19-33-18-8-9-22-38(33)41/h2-7,9-17,19-24,26,28-30,39-42,47H,1,8,18,25,27,49H2,(H,50,51). The highest BCUT2D eigenvalue weighted by atomic mass is 16.5. The van der Waals surface area contributed by atoms with Gasteiger partial charge in [-0.05, 0) is 88.5 Å². The van der Waals surface area contributed by atoms with Crippen LogP contribution in [0.5, 0.6) is 0 Å². The lowest BCUT2D eigenvalue weighted by Crippen LogP contribution is -2.35. The van der Waals surface area contributed by atoms with Crippen molar-refractivity contribution >= 4 is 11.4 Å². The summed E-state index contributed by atoms with van der Waals surface area (Å²) in [6.07, 6.45) is 28.2. The van der Waals surface area contributed by atoms with Crippen LogP contribution in [0.25, 0.3) is 16.7 Å². The van der Waals surface area contributed by atoms with Gasteiger partial charge in [0.15, 0.2) is 0 Å². The van der Waals surface area contributed by atoms with Gasteiger partial charge in [0.1, 0.15) is 23.5 Å². The van der Waals surface area contributed by atoms with Crippen molar-refractivity contribution in [2.24, 2.45) is 34.4 Å². The van der Waals surface area contributed by atoms with Crippen LogP contribution < -0.4 is 11.1 Å². The molecule has 1 heterocycles. The van der Waals surface area contributed by atoms with Gasteiger partial charge in [-0.3, -0.25) is 0 Å². The lowest BCUT2D eigenvalue weighted by molar-refractivity contribution is 0.315. The minimum absolute atomic E-state index is 0.112. The van der Waals surface area contributed by atoms with E-state index in [4.69, 9.17) is 15.5 Å². The van der Waals surface area contributed by atoms with Gasteiger partial charge in [-0.2, -0.15) is 0 Å². The third-order valence-corrected chi connectivity index (χ3v) is 11.3. The number of ether oxygens (including phenoxy) is 1. The Hall–Kier alpha value is -5.71. The number of hydrogen-bond donors (Lipinski definition) is 2. The monoisotopic (exact) mass is 677 g/mol. The van der Waals surface area contributed by atoms with Gasteiger partial charge in [0, 0.05) is 34.9 Å². The maximum absolute atomic E-state index is 7.01. The third kappa shape index (κ3) is 6.03. The maximum atomic E-state index is 7.01. The molecular weight excluding hydrogens is 635 g/mol. The van der Waals surface area contributed by atoms with E-state index in [2.05, 4.69) is 158 Å². The molecular formula is C48H43N3O. The van der Waals surface area contributed by atoms with Crippen LogP contribution in [0.4, 0.5) is 0 Å². The molecule has 0 saturated heterocycles. The summed E-state index contributed by atoms with van der Waals surface area (Å²) in [6, 6.07) is 29.7. The zero-order chi connectivity index (χ0) is 35.0. The number of amidine groups is 1. The largest absolute Gasteiger partial charge is 0.461 e. The molecule has 256 valence electrons. The summed E-state index contributed by atoms with van der Waals surface area (Å²) in [5.74, 6) is 3.57. The molecule has 6 aliphatic rings. The lowest BCUT2D eigenvalue weighted by Gasteiger charge is -2.33. The van der Waals surface area contributed by atoms with Crippen molar-refractivity contribution in [2.45, 2.75) is 31.8 Å². The van der Waals surface area contributed by atoms with Crippen LogP contribution in [0.1, 0.15) is 36.8 Å². The summed E-state index contributed by atoms with van der Waals surface area (Å²) >= 11 is 0. The van der Waals surface area contributed by atoms with Crippen molar-refractivity contribution in [1.29, 1.82) is 0 Å². The molecule has 4 nitrogen and oxygen atoms in total. The Kier molecular flexibility index (Phi) is 8.54. The van der Waals surface area contributed by atoms with Gasteiger partial charge in [-0.1, -0.05) is 140 Å². The molecule has 1 aliphatic heterocycles. The fraction of sp³-hybridized carbons (Fsp3) is 0.188. The molecule has 0 bridgehead atoms. The van der Waals surface area contributed by atoms with Crippen LogP contribution in [0.15, 0.2) is 203 Å². The van der Waals surface area contributed by atoms with E-state index in [1.807, 2.05) is 6.07 Å². The van der Waals surface area contributed by atoms with Gasteiger partial charge < -0.3 is 15.8 Å². The Morgan fingerprint density at radius 3 is 2.42 bits per heavy atom. The molecule has 5 unspecified atom stereocenters. The molecule has 0 saturated carbocycles. The topological polar surface area (TPSA) is 59.6 Å². The number of nitrogens with two attached hydrogens (primary N) is 1. The molecule has 4 heteroatoms. The first-order valence-corrected chi connectivity index (χ1v) is 18.6. The molecule has 3 aromatic rings. The van der Waals surface area contributed by atoms with Crippen molar-refractivity contribution in [3.8, 4) is 11.1 Å². The number of fused-ring (bicyclic) bond motifs is 4. The van der Waals surface area contributed by atoms with Crippen molar-refractivity contribution in [3.05, 3.63) is 209 Å². The average Bonchev–Trinajstić information content (AvgIpc) is 3.59. The SMILES string of the molecule is C=C(NC(=NC(N)C1CC=CC2=C1C=CCC2)c1cccc(-c2ccccc2)c1)C1=CCC2C(=C1)OC1=C2C2C=CC=CC2C(c2ccccc2)=C1. The van der Waals surface area contributed by atoms with Crippen molar-refractivity contribution in [2.75, 3.05) is 0 Å². The molecule has 9 rings (SSSR count). The minimum atomic E-state index is -0.429. The summed E-state index contributed by atoms with van der Waals surface area (Å²) in [5.41, 5.74) is 18.7. The summed E-state index contributed by atoms with van der Waals surface area (Å²) in [6.45, 7) is 4.55. The van der Waals surface area contributed by atoms with Gasteiger partial charge in [-0.25, -0.2) is 4.99 Å². The zero-order valence-electron chi connectivity index (χ0n) is 29.3. The molecule has 0 fully saturated rings. The van der Waals surface area contributed by atoms with Crippen LogP contribution in [0.2, 0.25) is 0 Å². The van der Waals surface area contributed by atoms with Crippen molar-refractivity contribution in [1.82, 2.24) is 5.32 Å². The number of aliphatic imine (C=N–C) groups is 1. The maximum Gasteiger partial charge on any atom is 0.134 e. The van der Waals surface area contributed by atoms with Gasteiger partial charge in [-0.15, -0.1) is 0 Å². The quantitative estimate of drug-likeness (QED) is 0.193. The van der Waals surface area contributed by atoms with E-state index in [1.54, 1.807) is 0 Å². The van der Waals surface area contributed by atoms with Gasteiger partial charge in [0.2, 0.25) is 0 Å². The van der Waals surface area contributed by atoms with Crippen LogP contribution in [0, 0.1) is 23.7 Å². The predicted octanol–water partition coefficient (Wildman–Crippen LogP) is 10.3. The van der Waals surface area contributed by atoms with Gasteiger partial charge in [0.05, 0.1) is 0 Å². The Morgan fingerprint density at radius 2 is 1.60 bits per heavy atom. The second-order valence-corrected chi connectivity index (χ2v) is 14.4. The van der Waals surface area contributed by atoms with E-state index < -0.39 is 6.17 Å². The number of hydrogen-bond acceptors (Lipinski definition) is 3. The summed E-state index contributed by atoms with van der Waals surface area (Å²) in [5, 5.41) is 3.65. The second-order valence-electron chi connectivity index (χ2n) is 14.4. The van der Waals surface area contributed by atoms with Gasteiger partial charge >= 0.3 is 0 Å². The summed E-state index contributed by atoms with van der Waals surface area (Å²) < 4.78 is 6.73. The van der Waals surface area contributed by atoms with Gasteiger partial charge in [0.25, 0.3) is 0 Å². The molecule has 5 aliphatic carbocycles. The number of allylic oxidation sites excluding steroid dienone is 14. The van der Waals surface area contributed by atoms with E-state index in [0.29, 0.717) is 5.92 Å². The minimum Gasteiger partial charge on any atom is -0.461 e. The summed E-state index contributed by atoms with van der Waals surface area (Å²) in [7, 11) is 0. The normalized spacial score (nSPS) is 24.9. The third-order valence-electron chi connectivity index (χ3n) is 11.3. The first-order valence-electron chi connectivity index (χ1n) is 18.6. The number of rotatable bonds is 7.